The first-order valence-corrected chi connectivity index (χ1v) is 13.9. The lowest BCUT2D eigenvalue weighted by atomic mass is 10.0. The highest BCUT2D eigenvalue weighted by Crippen LogP contribution is 2.20. The molecule has 6 heteroatoms. The Labute approximate surface area is 221 Å². The first-order valence-electron chi connectivity index (χ1n) is 11.9. The van der Waals surface area contributed by atoms with Crippen LogP contribution in [0, 0.1) is 6.92 Å². The van der Waals surface area contributed by atoms with E-state index in [1.807, 2.05) is 67.6 Å². The predicted molar refractivity (Wildman–Crippen MR) is 149 cm³/mol. The number of carbonyl (C=O) groups excluding carboxylic acids is 2. The molecule has 2 amide bonds. The minimum atomic E-state index is -0.588. The second-order valence-corrected chi connectivity index (χ2v) is 10.5. The second kappa shape index (κ2) is 14.1. The van der Waals surface area contributed by atoms with Gasteiger partial charge >= 0.3 is 0 Å². The SMILES string of the molecule is CCCNC(=O)[C@@H](Cc1ccccc1)N(Cc1cccc(Br)c1)C(=O)CSCc1cccc(C)c1. The van der Waals surface area contributed by atoms with Crippen LogP contribution < -0.4 is 5.32 Å². The number of hydrogen-bond acceptors (Lipinski definition) is 3. The normalized spacial score (nSPS) is 11.6. The predicted octanol–water partition coefficient (Wildman–Crippen LogP) is 6.16. The molecule has 4 nitrogen and oxygen atoms in total. The van der Waals surface area contributed by atoms with Crippen molar-refractivity contribution in [2.24, 2.45) is 0 Å². The Morgan fingerprint density at radius 2 is 1.66 bits per heavy atom. The number of thioether (sulfide) groups is 1. The van der Waals surface area contributed by atoms with E-state index in [0.717, 1.165) is 27.8 Å². The summed E-state index contributed by atoms with van der Waals surface area (Å²) in [6, 6.07) is 25.6. The van der Waals surface area contributed by atoms with Crippen LogP contribution in [-0.2, 0) is 28.3 Å². The zero-order chi connectivity index (χ0) is 25.0. The van der Waals surface area contributed by atoms with Gasteiger partial charge in [-0.05, 0) is 42.2 Å². The summed E-state index contributed by atoms with van der Waals surface area (Å²) in [4.78, 5) is 28.7. The van der Waals surface area contributed by atoms with Gasteiger partial charge in [0.15, 0.2) is 0 Å². The van der Waals surface area contributed by atoms with Gasteiger partial charge in [0.1, 0.15) is 6.04 Å². The topological polar surface area (TPSA) is 49.4 Å². The Bertz CT molecular complexity index is 1110. The van der Waals surface area contributed by atoms with Crippen LogP contribution in [0.1, 0.15) is 35.6 Å². The van der Waals surface area contributed by atoms with Crippen LogP contribution in [0.5, 0.6) is 0 Å². The van der Waals surface area contributed by atoms with Crippen LogP contribution in [0.15, 0.2) is 83.3 Å². The Morgan fingerprint density at radius 3 is 2.37 bits per heavy atom. The first-order chi connectivity index (χ1) is 17.0. The van der Waals surface area contributed by atoms with E-state index < -0.39 is 6.04 Å². The fourth-order valence-electron chi connectivity index (χ4n) is 3.89. The van der Waals surface area contributed by atoms with Crippen molar-refractivity contribution < 1.29 is 9.59 Å². The lowest BCUT2D eigenvalue weighted by Crippen LogP contribution is -2.51. The fraction of sp³-hybridized carbons (Fsp3) is 0.310. The minimum Gasteiger partial charge on any atom is -0.354 e. The molecule has 35 heavy (non-hydrogen) atoms. The summed E-state index contributed by atoms with van der Waals surface area (Å²) < 4.78 is 0.950. The molecule has 0 aliphatic carbocycles. The van der Waals surface area contributed by atoms with Crippen molar-refractivity contribution in [3.8, 4) is 0 Å². The smallest absolute Gasteiger partial charge is 0.243 e. The Kier molecular flexibility index (Phi) is 10.9. The lowest BCUT2D eigenvalue weighted by molar-refractivity contribution is -0.139. The van der Waals surface area contributed by atoms with Crippen molar-refractivity contribution in [3.63, 3.8) is 0 Å². The molecule has 0 heterocycles. The summed E-state index contributed by atoms with van der Waals surface area (Å²) >= 11 is 5.12. The van der Waals surface area contributed by atoms with E-state index in [1.165, 1.54) is 11.1 Å². The molecule has 184 valence electrons. The number of hydrogen-bond donors (Lipinski definition) is 1. The van der Waals surface area contributed by atoms with Gasteiger partial charge in [-0.25, -0.2) is 0 Å². The number of nitrogens with one attached hydrogen (secondary N) is 1. The molecule has 0 bridgehead atoms. The fourth-order valence-corrected chi connectivity index (χ4v) is 5.20. The quantitative estimate of drug-likeness (QED) is 0.293. The molecular weight excluding hydrogens is 520 g/mol. The van der Waals surface area contributed by atoms with Gasteiger partial charge in [0.05, 0.1) is 5.75 Å². The summed E-state index contributed by atoms with van der Waals surface area (Å²) in [7, 11) is 0. The maximum Gasteiger partial charge on any atom is 0.243 e. The molecule has 3 aromatic carbocycles. The number of carbonyl (C=O) groups is 2. The van der Waals surface area contributed by atoms with Gasteiger partial charge < -0.3 is 10.2 Å². The van der Waals surface area contributed by atoms with Crippen LogP contribution >= 0.6 is 27.7 Å². The van der Waals surface area contributed by atoms with Crippen LogP contribution in [0.2, 0.25) is 0 Å². The largest absolute Gasteiger partial charge is 0.354 e. The molecular formula is C29H33BrN2O2S. The standard InChI is InChI=1S/C29H33BrN2O2S/c1-3-15-31-29(34)27(18-23-10-5-4-6-11-23)32(19-24-12-8-14-26(30)17-24)28(33)21-35-20-25-13-7-9-22(2)16-25/h4-14,16-17,27H,3,15,18-21H2,1-2H3,(H,31,34)/t27-/m1/s1. The highest BCUT2D eigenvalue weighted by Gasteiger charge is 2.30. The summed E-state index contributed by atoms with van der Waals surface area (Å²) in [5, 5.41) is 3.02. The number of halogens is 1. The van der Waals surface area contributed by atoms with Gasteiger partial charge in [0, 0.05) is 29.7 Å². The summed E-state index contributed by atoms with van der Waals surface area (Å²) in [5.41, 5.74) is 4.42. The van der Waals surface area contributed by atoms with E-state index in [2.05, 4.69) is 46.4 Å². The number of aryl methyl sites for hydroxylation is 1. The molecule has 0 aliphatic heterocycles. The van der Waals surface area contributed by atoms with Crippen molar-refractivity contribution in [2.75, 3.05) is 12.3 Å². The van der Waals surface area contributed by atoms with Crippen molar-refractivity contribution in [1.82, 2.24) is 10.2 Å². The number of rotatable bonds is 12. The van der Waals surface area contributed by atoms with E-state index in [1.54, 1.807) is 16.7 Å². The summed E-state index contributed by atoms with van der Waals surface area (Å²) in [5.74, 6) is 0.926. The zero-order valence-corrected chi connectivity index (χ0v) is 22.8. The molecule has 1 atom stereocenters. The van der Waals surface area contributed by atoms with Crippen molar-refractivity contribution in [2.45, 2.75) is 45.0 Å². The Hall–Kier alpha value is -2.57. The molecule has 0 aromatic heterocycles. The van der Waals surface area contributed by atoms with Gasteiger partial charge in [0.2, 0.25) is 11.8 Å². The third kappa shape index (κ3) is 8.86. The van der Waals surface area contributed by atoms with Crippen LogP contribution in [0.4, 0.5) is 0 Å². The summed E-state index contributed by atoms with van der Waals surface area (Å²) in [6.45, 7) is 5.06. The highest BCUT2D eigenvalue weighted by molar-refractivity contribution is 9.10. The lowest BCUT2D eigenvalue weighted by Gasteiger charge is -2.31. The van der Waals surface area contributed by atoms with E-state index in [4.69, 9.17) is 0 Å². The minimum absolute atomic E-state index is 0.0322. The van der Waals surface area contributed by atoms with Gasteiger partial charge in [-0.15, -0.1) is 11.8 Å². The molecule has 0 aliphatic rings. The molecule has 0 fully saturated rings. The average Bonchev–Trinajstić information content (AvgIpc) is 2.85. The van der Waals surface area contributed by atoms with E-state index >= 15 is 0 Å². The van der Waals surface area contributed by atoms with Gasteiger partial charge in [-0.1, -0.05) is 95.1 Å². The highest BCUT2D eigenvalue weighted by atomic mass is 79.9. The third-order valence-electron chi connectivity index (χ3n) is 5.64. The molecule has 1 N–H and O–H groups in total. The van der Waals surface area contributed by atoms with Crippen molar-refractivity contribution >= 4 is 39.5 Å². The molecule has 3 rings (SSSR count). The maximum absolute atomic E-state index is 13.6. The number of benzene rings is 3. The number of amides is 2. The third-order valence-corrected chi connectivity index (χ3v) is 7.12. The molecule has 0 spiro atoms. The van der Waals surface area contributed by atoms with E-state index in [9.17, 15) is 9.59 Å². The van der Waals surface area contributed by atoms with Crippen LogP contribution in [-0.4, -0.2) is 35.1 Å². The van der Waals surface area contributed by atoms with Gasteiger partial charge in [-0.3, -0.25) is 9.59 Å². The molecule has 3 aromatic rings. The number of nitrogens with zero attached hydrogens (tertiary/aromatic N) is 1. The van der Waals surface area contributed by atoms with E-state index in [0.29, 0.717) is 25.3 Å². The Balaban J connectivity index is 1.83. The second-order valence-electron chi connectivity index (χ2n) is 8.63. The van der Waals surface area contributed by atoms with E-state index in [-0.39, 0.29) is 11.8 Å². The molecule has 0 radical (unpaired) electrons. The van der Waals surface area contributed by atoms with Crippen LogP contribution in [0.25, 0.3) is 0 Å². The first kappa shape index (κ1) is 27.0. The summed E-state index contributed by atoms with van der Waals surface area (Å²) in [6.07, 6.45) is 1.31. The molecule has 0 saturated heterocycles. The average molecular weight is 554 g/mol. The Morgan fingerprint density at radius 1 is 0.943 bits per heavy atom. The van der Waals surface area contributed by atoms with Crippen LogP contribution in [0.3, 0.4) is 0 Å². The monoisotopic (exact) mass is 552 g/mol. The van der Waals surface area contributed by atoms with Crippen molar-refractivity contribution in [1.29, 1.82) is 0 Å². The van der Waals surface area contributed by atoms with Crippen molar-refractivity contribution in [3.05, 3.63) is 106 Å². The zero-order valence-electron chi connectivity index (χ0n) is 20.4. The van der Waals surface area contributed by atoms with Gasteiger partial charge in [0.25, 0.3) is 0 Å². The molecule has 0 unspecified atom stereocenters. The molecule has 0 saturated carbocycles. The van der Waals surface area contributed by atoms with Gasteiger partial charge in [-0.2, -0.15) is 0 Å². The maximum atomic E-state index is 13.6.